The summed E-state index contributed by atoms with van der Waals surface area (Å²) in [6.07, 6.45) is 22.9. The molecule has 0 aliphatic heterocycles. The molecule has 0 nitrogen and oxygen atoms in total. The smallest absolute Gasteiger partial charge is 0.0166 e. The van der Waals surface area contributed by atoms with Crippen molar-refractivity contribution >= 4 is 11.8 Å². The van der Waals surface area contributed by atoms with Crippen LogP contribution in [0.15, 0.2) is 0 Å². The van der Waals surface area contributed by atoms with Crippen LogP contribution in [0, 0.1) is 5.75 Å². The van der Waals surface area contributed by atoms with Gasteiger partial charge in [0.25, 0.3) is 0 Å². The second-order valence-corrected chi connectivity index (χ2v) is 7.50. The lowest BCUT2D eigenvalue weighted by Crippen LogP contribution is -1.83. The van der Waals surface area contributed by atoms with Gasteiger partial charge < -0.3 is 0 Å². The molecule has 0 saturated carbocycles. The highest BCUT2D eigenvalue weighted by molar-refractivity contribution is 8.01. The first-order chi connectivity index (χ1) is 10.4. The standard InChI is InChI=1S/C20H41S/c1-3-5-7-9-10-11-12-13-14-15-16-18-20-21-19-17-8-6-4-2/h20H,3-19H2,1-2H3. The van der Waals surface area contributed by atoms with Crippen LogP contribution in [0.5, 0.6) is 0 Å². The molecule has 0 heterocycles. The Balaban J connectivity index is 2.90. The second-order valence-electron chi connectivity index (χ2n) is 6.42. The Hall–Kier alpha value is 0.350. The quantitative estimate of drug-likeness (QED) is 0.230. The molecule has 0 amide bonds. The molecule has 0 rings (SSSR count). The highest BCUT2D eigenvalue weighted by Crippen LogP contribution is 2.17. The topological polar surface area (TPSA) is 0 Å². The van der Waals surface area contributed by atoms with Crippen LogP contribution in [0.2, 0.25) is 0 Å². The Bertz CT molecular complexity index is 149. The SMILES string of the molecule is CCCCCCCCCCCCC[CH]SCCCCCC. The van der Waals surface area contributed by atoms with E-state index >= 15 is 0 Å². The van der Waals surface area contributed by atoms with E-state index in [1.54, 1.807) is 0 Å². The van der Waals surface area contributed by atoms with Gasteiger partial charge in [-0.2, -0.15) is 11.8 Å². The van der Waals surface area contributed by atoms with Crippen LogP contribution in [0.25, 0.3) is 0 Å². The van der Waals surface area contributed by atoms with Crippen LogP contribution in [-0.2, 0) is 0 Å². The van der Waals surface area contributed by atoms with Gasteiger partial charge in [-0.3, -0.25) is 0 Å². The van der Waals surface area contributed by atoms with E-state index in [1.807, 2.05) is 0 Å². The van der Waals surface area contributed by atoms with Crippen molar-refractivity contribution in [1.29, 1.82) is 0 Å². The van der Waals surface area contributed by atoms with Crippen molar-refractivity contribution in [3.05, 3.63) is 5.75 Å². The Morgan fingerprint density at radius 3 is 1.48 bits per heavy atom. The van der Waals surface area contributed by atoms with E-state index in [-0.39, 0.29) is 0 Å². The summed E-state index contributed by atoms with van der Waals surface area (Å²) in [5, 5.41) is 0. The fourth-order valence-corrected chi connectivity index (χ4v) is 3.54. The predicted octanol–water partition coefficient (Wildman–Crippen LogP) is 8.16. The lowest BCUT2D eigenvalue weighted by Gasteiger charge is -2.03. The van der Waals surface area contributed by atoms with Crippen LogP contribution < -0.4 is 0 Å². The van der Waals surface area contributed by atoms with Gasteiger partial charge in [0.1, 0.15) is 0 Å². The van der Waals surface area contributed by atoms with Crippen molar-refractivity contribution in [2.75, 3.05) is 5.75 Å². The van der Waals surface area contributed by atoms with Crippen LogP contribution in [-0.4, -0.2) is 5.75 Å². The van der Waals surface area contributed by atoms with Crippen molar-refractivity contribution in [3.63, 3.8) is 0 Å². The molecule has 0 unspecified atom stereocenters. The summed E-state index contributed by atoms with van der Waals surface area (Å²) in [6.45, 7) is 4.58. The maximum absolute atomic E-state index is 2.46. The molecule has 0 bridgehead atoms. The van der Waals surface area contributed by atoms with Gasteiger partial charge in [-0.15, -0.1) is 0 Å². The highest BCUT2D eigenvalue weighted by atomic mass is 32.2. The molecule has 21 heavy (non-hydrogen) atoms. The molecule has 127 valence electrons. The first kappa shape index (κ1) is 21.4. The van der Waals surface area contributed by atoms with Gasteiger partial charge in [0.2, 0.25) is 0 Å². The Kier molecular flexibility index (Phi) is 20.7. The molecule has 0 aliphatic rings. The summed E-state index contributed by atoms with van der Waals surface area (Å²) in [7, 11) is 0. The van der Waals surface area contributed by atoms with Crippen molar-refractivity contribution < 1.29 is 0 Å². The van der Waals surface area contributed by atoms with Gasteiger partial charge in [0.15, 0.2) is 0 Å². The molecule has 0 N–H and O–H groups in total. The van der Waals surface area contributed by atoms with E-state index in [4.69, 9.17) is 0 Å². The largest absolute Gasteiger partial charge is 0.157 e. The van der Waals surface area contributed by atoms with E-state index in [0.717, 1.165) is 0 Å². The number of rotatable bonds is 18. The third-order valence-electron chi connectivity index (χ3n) is 4.16. The maximum Gasteiger partial charge on any atom is 0.0166 e. The molecule has 0 aliphatic carbocycles. The molecule has 0 aromatic heterocycles. The van der Waals surface area contributed by atoms with Gasteiger partial charge in [0, 0.05) is 5.75 Å². The zero-order chi connectivity index (χ0) is 15.4. The molecule has 0 fully saturated rings. The minimum Gasteiger partial charge on any atom is -0.157 e. The predicted molar refractivity (Wildman–Crippen MR) is 102 cm³/mol. The van der Waals surface area contributed by atoms with E-state index in [1.165, 1.54) is 108 Å². The third-order valence-corrected chi connectivity index (χ3v) is 5.15. The summed E-state index contributed by atoms with van der Waals surface area (Å²) in [4.78, 5) is 0. The van der Waals surface area contributed by atoms with Crippen molar-refractivity contribution in [1.82, 2.24) is 0 Å². The number of hydrogen-bond donors (Lipinski definition) is 0. The van der Waals surface area contributed by atoms with Crippen LogP contribution >= 0.6 is 11.8 Å². The molecule has 0 spiro atoms. The van der Waals surface area contributed by atoms with Gasteiger partial charge in [0.05, 0.1) is 0 Å². The summed E-state index contributed by atoms with van der Waals surface area (Å²) in [5.74, 6) is 3.80. The van der Waals surface area contributed by atoms with E-state index in [0.29, 0.717) is 0 Å². The van der Waals surface area contributed by atoms with Crippen LogP contribution in [0.4, 0.5) is 0 Å². The second kappa shape index (κ2) is 20.3. The van der Waals surface area contributed by atoms with Crippen molar-refractivity contribution in [3.8, 4) is 0 Å². The number of hydrogen-bond acceptors (Lipinski definition) is 1. The molecule has 0 saturated heterocycles. The summed E-state index contributed by atoms with van der Waals surface area (Å²) in [5.41, 5.74) is 0. The zero-order valence-electron chi connectivity index (χ0n) is 15.0. The lowest BCUT2D eigenvalue weighted by atomic mass is 10.1. The van der Waals surface area contributed by atoms with Gasteiger partial charge in [-0.1, -0.05) is 104 Å². The zero-order valence-corrected chi connectivity index (χ0v) is 15.8. The molecule has 0 atom stereocenters. The third kappa shape index (κ3) is 20.4. The molecule has 0 aromatic carbocycles. The molecule has 0 aromatic rings. The molecular formula is C20H41S. The van der Waals surface area contributed by atoms with Gasteiger partial charge in [-0.05, 0) is 18.6 Å². The Labute approximate surface area is 140 Å². The first-order valence-electron chi connectivity index (χ1n) is 9.85. The fourth-order valence-electron chi connectivity index (χ4n) is 2.67. The minimum absolute atomic E-state index is 1.33. The van der Waals surface area contributed by atoms with Crippen LogP contribution in [0.1, 0.15) is 117 Å². The highest BCUT2D eigenvalue weighted by Gasteiger charge is 1.94. The van der Waals surface area contributed by atoms with Crippen molar-refractivity contribution in [2.45, 2.75) is 117 Å². The number of unbranched alkanes of at least 4 members (excludes halogenated alkanes) is 14. The average molecular weight is 314 g/mol. The van der Waals surface area contributed by atoms with E-state index in [2.05, 4.69) is 31.4 Å². The van der Waals surface area contributed by atoms with Crippen LogP contribution in [0.3, 0.4) is 0 Å². The summed E-state index contributed by atoms with van der Waals surface area (Å²) in [6, 6.07) is 0. The fraction of sp³-hybridized carbons (Fsp3) is 0.950. The van der Waals surface area contributed by atoms with Crippen molar-refractivity contribution in [2.24, 2.45) is 0 Å². The molecule has 1 radical (unpaired) electrons. The summed E-state index contributed by atoms with van der Waals surface area (Å²) >= 11 is 2.06. The Morgan fingerprint density at radius 1 is 0.524 bits per heavy atom. The number of thioether (sulfide) groups is 1. The lowest BCUT2D eigenvalue weighted by molar-refractivity contribution is 0.550. The normalized spacial score (nSPS) is 11.1. The molecular weight excluding hydrogens is 272 g/mol. The first-order valence-corrected chi connectivity index (χ1v) is 10.9. The molecule has 1 heteroatoms. The van der Waals surface area contributed by atoms with E-state index < -0.39 is 0 Å². The van der Waals surface area contributed by atoms with E-state index in [9.17, 15) is 0 Å². The van der Waals surface area contributed by atoms with Gasteiger partial charge in [-0.25, -0.2) is 0 Å². The maximum atomic E-state index is 2.46. The Morgan fingerprint density at radius 2 is 0.952 bits per heavy atom. The average Bonchev–Trinajstić information content (AvgIpc) is 2.50. The monoisotopic (exact) mass is 313 g/mol. The summed E-state index contributed by atoms with van der Waals surface area (Å²) < 4.78 is 0. The minimum atomic E-state index is 1.33. The van der Waals surface area contributed by atoms with Gasteiger partial charge >= 0.3 is 0 Å².